The number of methoxy groups -OCH3 is 1. The Morgan fingerprint density at radius 1 is 1.29 bits per heavy atom. The quantitative estimate of drug-likeness (QED) is 0.767. The minimum Gasteiger partial charge on any atom is -0.481 e. The van der Waals surface area contributed by atoms with Crippen molar-refractivity contribution in [3.63, 3.8) is 0 Å². The van der Waals surface area contributed by atoms with Crippen LogP contribution in [0.15, 0.2) is 35.2 Å². The highest BCUT2D eigenvalue weighted by Gasteiger charge is 2.10. The molecule has 0 radical (unpaired) electrons. The van der Waals surface area contributed by atoms with Crippen molar-refractivity contribution >= 4 is 11.3 Å². The number of nitrogens with one attached hydrogen (secondary N) is 1. The Labute approximate surface area is 131 Å². The fourth-order valence-electron chi connectivity index (χ4n) is 2.34. The molecule has 114 valence electrons. The normalized spacial score (nSPS) is 12.3. The van der Waals surface area contributed by atoms with Crippen molar-refractivity contribution in [2.75, 3.05) is 13.7 Å². The lowest BCUT2D eigenvalue weighted by molar-refractivity contribution is 0.397. The first-order valence-electron chi connectivity index (χ1n) is 7.55. The molecule has 0 spiro atoms. The minimum atomic E-state index is 0.500. The van der Waals surface area contributed by atoms with Gasteiger partial charge in [-0.15, -0.1) is 0 Å². The van der Waals surface area contributed by atoms with Gasteiger partial charge in [0.15, 0.2) is 0 Å². The van der Waals surface area contributed by atoms with Crippen molar-refractivity contribution in [1.29, 1.82) is 0 Å². The van der Waals surface area contributed by atoms with Gasteiger partial charge < -0.3 is 10.1 Å². The molecule has 0 aliphatic carbocycles. The summed E-state index contributed by atoms with van der Waals surface area (Å²) in [5.41, 5.74) is 2.70. The van der Waals surface area contributed by atoms with Gasteiger partial charge in [0.05, 0.1) is 7.11 Å². The van der Waals surface area contributed by atoms with Crippen molar-refractivity contribution in [3.05, 3.63) is 46.3 Å². The SMILES string of the molecule is CCCNC(CCc1ccsc1)Cc1ccc(OC)nc1. The highest BCUT2D eigenvalue weighted by Crippen LogP contribution is 2.14. The minimum absolute atomic E-state index is 0.500. The van der Waals surface area contributed by atoms with Gasteiger partial charge in [0.1, 0.15) is 0 Å². The van der Waals surface area contributed by atoms with Gasteiger partial charge >= 0.3 is 0 Å². The van der Waals surface area contributed by atoms with Crippen molar-refractivity contribution in [1.82, 2.24) is 10.3 Å². The lowest BCUT2D eigenvalue weighted by Gasteiger charge is -2.18. The second-order valence-electron chi connectivity index (χ2n) is 5.23. The maximum atomic E-state index is 5.11. The fourth-order valence-corrected chi connectivity index (χ4v) is 3.04. The summed E-state index contributed by atoms with van der Waals surface area (Å²) in [5.74, 6) is 0.676. The number of hydrogen-bond acceptors (Lipinski definition) is 4. The van der Waals surface area contributed by atoms with Crippen LogP contribution < -0.4 is 10.1 Å². The molecule has 0 aliphatic rings. The molecular weight excluding hydrogens is 280 g/mol. The number of aromatic nitrogens is 1. The largest absolute Gasteiger partial charge is 0.481 e. The van der Waals surface area contributed by atoms with E-state index in [1.807, 2.05) is 12.3 Å². The first kappa shape index (κ1) is 16.0. The second-order valence-corrected chi connectivity index (χ2v) is 6.01. The molecule has 21 heavy (non-hydrogen) atoms. The van der Waals surface area contributed by atoms with Gasteiger partial charge in [-0.3, -0.25) is 0 Å². The summed E-state index contributed by atoms with van der Waals surface area (Å²) in [6, 6.07) is 6.76. The van der Waals surface area contributed by atoms with E-state index in [-0.39, 0.29) is 0 Å². The third-order valence-corrected chi connectivity index (χ3v) is 4.27. The van der Waals surface area contributed by atoms with Gasteiger partial charge in [-0.25, -0.2) is 4.98 Å². The van der Waals surface area contributed by atoms with Gasteiger partial charge in [-0.2, -0.15) is 11.3 Å². The number of hydrogen-bond donors (Lipinski definition) is 1. The predicted octanol–water partition coefficient (Wildman–Crippen LogP) is 3.70. The van der Waals surface area contributed by atoms with Gasteiger partial charge in [0.25, 0.3) is 0 Å². The number of rotatable bonds is 9. The van der Waals surface area contributed by atoms with Crippen molar-refractivity contribution < 1.29 is 4.74 Å². The first-order valence-corrected chi connectivity index (χ1v) is 8.49. The van der Waals surface area contributed by atoms with Crippen LogP contribution in [0.25, 0.3) is 0 Å². The zero-order valence-electron chi connectivity index (χ0n) is 12.8. The highest BCUT2D eigenvalue weighted by atomic mass is 32.1. The Kier molecular flexibility index (Phi) is 6.70. The van der Waals surface area contributed by atoms with Crippen LogP contribution in [-0.2, 0) is 12.8 Å². The molecule has 0 amide bonds. The van der Waals surface area contributed by atoms with E-state index in [1.165, 1.54) is 11.1 Å². The first-order chi connectivity index (χ1) is 10.3. The molecule has 1 unspecified atom stereocenters. The molecule has 2 aromatic rings. The molecule has 0 aromatic carbocycles. The van der Waals surface area contributed by atoms with Crippen molar-refractivity contribution in [3.8, 4) is 5.88 Å². The van der Waals surface area contributed by atoms with Crippen LogP contribution in [0, 0.1) is 0 Å². The van der Waals surface area contributed by atoms with Crippen molar-refractivity contribution in [2.45, 2.75) is 38.6 Å². The van der Waals surface area contributed by atoms with Crippen LogP contribution in [0.4, 0.5) is 0 Å². The number of pyridine rings is 1. The van der Waals surface area contributed by atoms with Crippen LogP contribution in [0.2, 0.25) is 0 Å². The van der Waals surface area contributed by atoms with Crippen LogP contribution in [0.3, 0.4) is 0 Å². The zero-order chi connectivity index (χ0) is 14.9. The lowest BCUT2D eigenvalue weighted by Crippen LogP contribution is -2.32. The number of aryl methyl sites for hydroxylation is 1. The molecule has 2 aromatic heterocycles. The molecule has 0 bridgehead atoms. The van der Waals surface area contributed by atoms with E-state index >= 15 is 0 Å². The van der Waals surface area contributed by atoms with E-state index < -0.39 is 0 Å². The summed E-state index contributed by atoms with van der Waals surface area (Å²) in [6.45, 7) is 3.27. The predicted molar refractivity (Wildman–Crippen MR) is 89.2 cm³/mol. The standard InChI is InChI=1S/C17H24N2OS/c1-3-9-18-16(6-4-14-8-10-21-13-14)11-15-5-7-17(20-2)19-12-15/h5,7-8,10,12-13,16,18H,3-4,6,9,11H2,1-2H3. The highest BCUT2D eigenvalue weighted by molar-refractivity contribution is 7.07. The van der Waals surface area contributed by atoms with E-state index in [4.69, 9.17) is 4.74 Å². The Balaban J connectivity index is 1.90. The zero-order valence-corrected chi connectivity index (χ0v) is 13.7. The van der Waals surface area contributed by atoms with Crippen molar-refractivity contribution in [2.24, 2.45) is 0 Å². The van der Waals surface area contributed by atoms with E-state index in [2.05, 4.69) is 40.1 Å². The molecular formula is C17H24N2OS. The molecule has 2 heterocycles. The molecule has 3 nitrogen and oxygen atoms in total. The molecule has 4 heteroatoms. The third kappa shape index (κ3) is 5.48. The molecule has 0 saturated carbocycles. The Hall–Kier alpha value is -1.39. The number of thiophene rings is 1. The molecule has 1 atom stereocenters. The maximum Gasteiger partial charge on any atom is 0.212 e. The average molecular weight is 304 g/mol. The summed E-state index contributed by atoms with van der Waals surface area (Å²) < 4.78 is 5.11. The fraction of sp³-hybridized carbons (Fsp3) is 0.471. The molecule has 0 saturated heterocycles. The van der Waals surface area contributed by atoms with Gasteiger partial charge in [0.2, 0.25) is 5.88 Å². The third-order valence-electron chi connectivity index (χ3n) is 3.53. The summed E-state index contributed by atoms with van der Waals surface area (Å²) in [5, 5.41) is 8.05. The van der Waals surface area contributed by atoms with Crippen LogP contribution >= 0.6 is 11.3 Å². The monoisotopic (exact) mass is 304 g/mol. The van der Waals surface area contributed by atoms with E-state index in [0.717, 1.165) is 32.2 Å². The Bertz CT molecular complexity index is 496. The second kappa shape index (κ2) is 8.80. The number of nitrogens with zero attached hydrogens (tertiary/aromatic N) is 1. The number of ether oxygens (including phenoxy) is 1. The van der Waals surface area contributed by atoms with Gasteiger partial charge in [-0.1, -0.05) is 13.0 Å². The molecule has 2 rings (SSSR count). The molecule has 0 fully saturated rings. The lowest BCUT2D eigenvalue weighted by atomic mass is 10.0. The Morgan fingerprint density at radius 2 is 2.19 bits per heavy atom. The molecule has 0 aliphatic heterocycles. The summed E-state index contributed by atoms with van der Waals surface area (Å²) in [7, 11) is 1.65. The summed E-state index contributed by atoms with van der Waals surface area (Å²) in [6.07, 6.45) is 6.39. The summed E-state index contributed by atoms with van der Waals surface area (Å²) >= 11 is 1.77. The average Bonchev–Trinajstić information content (AvgIpc) is 3.04. The van der Waals surface area contributed by atoms with Gasteiger partial charge in [-0.05, 0) is 60.2 Å². The maximum absolute atomic E-state index is 5.11. The van der Waals surface area contributed by atoms with Crippen LogP contribution in [-0.4, -0.2) is 24.7 Å². The van der Waals surface area contributed by atoms with E-state index in [1.54, 1.807) is 18.4 Å². The van der Waals surface area contributed by atoms with E-state index in [9.17, 15) is 0 Å². The van der Waals surface area contributed by atoms with Crippen LogP contribution in [0.5, 0.6) is 5.88 Å². The molecule has 1 N–H and O–H groups in total. The van der Waals surface area contributed by atoms with Crippen LogP contribution in [0.1, 0.15) is 30.9 Å². The van der Waals surface area contributed by atoms with Gasteiger partial charge in [0, 0.05) is 18.3 Å². The topological polar surface area (TPSA) is 34.1 Å². The summed E-state index contributed by atoms with van der Waals surface area (Å²) in [4.78, 5) is 4.29. The smallest absolute Gasteiger partial charge is 0.212 e. The Morgan fingerprint density at radius 3 is 2.81 bits per heavy atom. The van der Waals surface area contributed by atoms with E-state index in [0.29, 0.717) is 11.9 Å².